The number of piperidine rings is 1. The van der Waals surface area contributed by atoms with Gasteiger partial charge in [-0.05, 0) is 77.3 Å². The zero-order valence-corrected chi connectivity index (χ0v) is 20.6. The molecule has 0 radical (unpaired) electrons. The van der Waals surface area contributed by atoms with E-state index in [1.54, 1.807) is 34.1 Å². The van der Waals surface area contributed by atoms with Gasteiger partial charge in [0.05, 0.1) is 11.1 Å². The van der Waals surface area contributed by atoms with Crippen LogP contribution in [0.2, 0.25) is 0 Å². The summed E-state index contributed by atoms with van der Waals surface area (Å²) in [6.45, 7) is 10.4. The van der Waals surface area contributed by atoms with Crippen molar-refractivity contribution in [3.8, 4) is 5.75 Å². The smallest absolute Gasteiger partial charge is 0.338 e. The highest BCUT2D eigenvalue weighted by atomic mass is 19.1. The maximum atomic E-state index is 14.5. The second-order valence-corrected chi connectivity index (χ2v) is 9.66. The zero-order valence-electron chi connectivity index (χ0n) is 20.6. The van der Waals surface area contributed by atoms with Gasteiger partial charge in [-0.25, -0.2) is 14.2 Å². The Labute approximate surface area is 200 Å². The number of aromatic hydroxyl groups is 1. The van der Waals surface area contributed by atoms with Crippen LogP contribution >= 0.6 is 0 Å². The van der Waals surface area contributed by atoms with Crippen LogP contribution in [0.4, 0.5) is 15.9 Å². The van der Waals surface area contributed by atoms with Crippen LogP contribution in [-0.2, 0) is 4.74 Å². The lowest BCUT2D eigenvalue weighted by molar-refractivity contribution is 0.00692. The maximum absolute atomic E-state index is 14.5. The molecular weight excluding hydrogens is 437 g/mol. The Bertz CT molecular complexity index is 1030. The fourth-order valence-electron chi connectivity index (χ4n) is 3.99. The minimum Gasteiger partial charge on any atom is -0.504 e. The lowest BCUT2D eigenvalue weighted by Gasteiger charge is -2.36. The van der Waals surface area contributed by atoms with Crippen LogP contribution in [0.25, 0.3) is 0 Å². The van der Waals surface area contributed by atoms with Gasteiger partial charge in [0.15, 0.2) is 11.6 Å². The molecule has 1 aromatic heterocycles. The van der Waals surface area contributed by atoms with Gasteiger partial charge in [0.2, 0.25) is 0 Å². The number of rotatable bonds is 6. The van der Waals surface area contributed by atoms with Gasteiger partial charge in [0.1, 0.15) is 11.3 Å². The Kier molecular flexibility index (Phi) is 7.48. The molecule has 0 saturated carbocycles. The Morgan fingerprint density at radius 3 is 2.26 bits per heavy atom. The first-order valence-corrected chi connectivity index (χ1v) is 11.7. The predicted octanol–water partition coefficient (Wildman–Crippen LogP) is 5.25. The number of alkyl halides is 1. The highest BCUT2D eigenvalue weighted by Gasteiger charge is 2.34. The summed E-state index contributed by atoms with van der Waals surface area (Å²) in [5, 5.41) is 10.7. The van der Waals surface area contributed by atoms with E-state index in [0.29, 0.717) is 50.3 Å². The molecule has 0 bridgehead atoms. The van der Waals surface area contributed by atoms with Crippen LogP contribution in [0.15, 0.2) is 36.5 Å². The quantitative estimate of drug-likeness (QED) is 0.579. The van der Waals surface area contributed by atoms with Gasteiger partial charge >= 0.3 is 5.97 Å². The molecule has 1 aromatic carbocycles. The summed E-state index contributed by atoms with van der Waals surface area (Å²) in [6.07, 6.45) is 2.51. The summed E-state index contributed by atoms with van der Waals surface area (Å²) in [5.74, 6) is -0.504. The fourth-order valence-corrected chi connectivity index (χ4v) is 3.99. The number of anilines is 2. The minimum absolute atomic E-state index is 0.130. The molecule has 0 unspecified atom stereocenters. The lowest BCUT2D eigenvalue weighted by Crippen LogP contribution is -2.44. The molecule has 7 nitrogen and oxygen atoms in total. The van der Waals surface area contributed by atoms with Crippen LogP contribution in [-0.4, -0.2) is 57.8 Å². The molecule has 184 valence electrons. The standard InChI is InChI=1S/C26H34FN3O4/c1-6-26(27)12-14-29(15-13-26)23(32)19-16-21(31)22(28-17-19)30(7-2)20-10-8-18(9-11-20)24(33)34-25(3,4)5/h8-11,16-17,31H,6-7,12-15H2,1-5H3. The third-order valence-electron chi connectivity index (χ3n) is 6.06. The van der Waals surface area contributed by atoms with Crippen molar-refractivity contribution in [2.45, 2.75) is 65.2 Å². The van der Waals surface area contributed by atoms with E-state index in [9.17, 15) is 19.1 Å². The second-order valence-electron chi connectivity index (χ2n) is 9.66. The van der Waals surface area contributed by atoms with Crippen LogP contribution < -0.4 is 4.90 Å². The topological polar surface area (TPSA) is 83.0 Å². The molecule has 1 saturated heterocycles. The third kappa shape index (κ3) is 5.85. The first-order chi connectivity index (χ1) is 16.0. The lowest BCUT2D eigenvalue weighted by atomic mass is 9.90. The number of hydrogen-bond acceptors (Lipinski definition) is 6. The molecule has 1 fully saturated rings. The van der Waals surface area contributed by atoms with Crippen LogP contribution in [0.3, 0.4) is 0 Å². The van der Waals surface area contributed by atoms with Crippen molar-refractivity contribution in [1.82, 2.24) is 9.88 Å². The molecule has 2 aromatic rings. The van der Waals surface area contributed by atoms with E-state index in [2.05, 4.69) is 4.98 Å². The van der Waals surface area contributed by atoms with Crippen LogP contribution in [0.1, 0.15) is 74.6 Å². The zero-order chi connectivity index (χ0) is 25.1. The normalized spacial score (nSPS) is 15.6. The molecule has 34 heavy (non-hydrogen) atoms. The molecule has 1 N–H and O–H groups in total. The van der Waals surface area contributed by atoms with Gasteiger partial charge in [0, 0.05) is 31.5 Å². The number of likely N-dealkylation sites (tertiary alicyclic amines) is 1. The first-order valence-electron chi connectivity index (χ1n) is 11.7. The molecule has 0 spiro atoms. The van der Waals surface area contributed by atoms with E-state index in [4.69, 9.17) is 4.74 Å². The molecular formula is C26H34FN3O4. The number of amides is 1. The summed E-state index contributed by atoms with van der Waals surface area (Å²) < 4.78 is 19.9. The molecule has 1 amide bonds. The summed E-state index contributed by atoms with van der Waals surface area (Å²) in [6, 6.07) is 8.25. The number of hydrogen-bond donors (Lipinski definition) is 1. The number of ether oxygens (including phenoxy) is 1. The van der Waals surface area contributed by atoms with Crippen molar-refractivity contribution >= 4 is 23.4 Å². The largest absolute Gasteiger partial charge is 0.504 e. The number of carbonyl (C=O) groups is 2. The summed E-state index contributed by atoms with van der Waals surface area (Å²) in [5.41, 5.74) is -0.372. The summed E-state index contributed by atoms with van der Waals surface area (Å²) in [7, 11) is 0. The number of pyridine rings is 1. The fraction of sp³-hybridized carbons (Fsp3) is 0.500. The van der Waals surface area contributed by atoms with E-state index < -0.39 is 17.2 Å². The Balaban J connectivity index is 1.75. The van der Waals surface area contributed by atoms with Crippen molar-refractivity contribution in [2.75, 3.05) is 24.5 Å². The van der Waals surface area contributed by atoms with E-state index in [1.807, 2.05) is 34.6 Å². The highest BCUT2D eigenvalue weighted by Crippen LogP contribution is 2.33. The van der Waals surface area contributed by atoms with Crippen LogP contribution in [0, 0.1) is 0 Å². The van der Waals surface area contributed by atoms with Gasteiger partial charge in [0.25, 0.3) is 5.91 Å². The Hall–Kier alpha value is -3.16. The van der Waals surface area contributed by atoms with Gasteiger partial charge in [-0.2, -0.15) is 0 Å². The van der Waals surface area contributed by atoms with E-state index >= 15 is 0 Å². The number of carbonyl (C=O) groups excluding carboxylic acids is 2. The average molecular weight is 472 g/mol. The Morgan fingerprint density at radius 1 is 1.15 bits per heavy atom. The number of halogens is 1. The summed E-state index contributed by atoms with van der Waals surface area (Å²) in [4.78, 5) is 32.9. The summed E-state index contributed by atoms with van der Waals surface area (Å²) >= 11 is 0. The van der Waals surface area contributed by atoms with Crippen molar-refractivity contribution in [3.05, 3.63) is 47.7 Å². The molecule has 3 rings (SSSR count). The monoisotopic (exact) mass is 471 g/mol. The van der Waals surface area contributed by atoms with Gasteiger partial charge in [-0.3, -0.25) is 4.79 Å². The Morgan fingerprint density at radius 2 is 1.76 bits per heavy atom. The predicted molar refractivity (Wildman–Crippen MR) is 129 cm³/mol. The van der Waals surface area contributed by atoms with Crippen molar-refractivity contribution in [1.29, 1.82) is 0 Å². The highest BCUT2D eigenvalue weighted by molar-refractivity contribution is 5.95. The molecule has 1 aliphatic heterocycles. The number of benzene rings is 1. The van der Waals surface area contributed by atoms with E-state index in [1.165, 1.54) is 12.3 Å². The van der Waals surface area contributed by atoms with Crippen molar-refractivity contribution in [2.24, 2.45) is 0 Å². The number of aromatic nitrogens is 1. The SMILES string of the molecule is CCN(c1ccc(C(=O)OC(C)(C)C)cc1)c1ncc(C(=O)N2CCC(F)(CC)CC2)cc1O. The minimum atomic E-state index is -1.21. The second kappa shape index (κ2) is 9.99. The molecule has 0 atom stereocenters. The van der Waals surface area contributed by atoms with E-state index in [-0.39, 0.29) is 17.2 Å². The average Bonchev–Trinajstić information content (AvgIpc) is 2.80. The molecule has 8 heteroatoms. The number of nitrogens with zero attached hydrogens (tertiary/aromatic N) is 3. The van der Waals surface area contributed by atoms with Gasteiger partial charge in [-0.1, -0.05) is 6.92 Å². The molecule has 1 aliphatic rings. The van der Waals surface area contributed by atoms with Crippen molar-refractivity contribution in [3.63, 3.8) is 0 Å². The maximum Gasteiger partial charge on any atom is 0.338 e. The molecule has 2 heterocycles. The van der Waals surface area contributed by atoms with Crippen LogP contribution in [0.5, 0.6) is 5.75 Å². The van der Waals surface area contributed by atoms with Crippen molar-refractivity contribution < 1.29 is 23.8 Å². The van der Waals surface area contributed by atoms with E-state index in [0.717, 1.165) is 5.69 Å². The van der Waals surface area contributed by atoms with Gasteiger partial charge < -0.3 is 19.6 Å². The first kappa shape index (κ1) is 25.5. The van der Waals surface area contributed by atoms with Gasteiger partial charge in [-0.15, -0.1) is 0 Å². The molecule has 0 aliphatic carbocycles. The third-order valence-corrected chi connectivity index (χ3v) is 6.06. The number of esters is 1.